The molecule has 0 aromatic heterocycles. The fourth-order valence-corrected chi connectivity index (χ4v) is 3.47. The molecule has 1 aromatic rings. The van der Waals surface area contributed by atoms with Crippen LogP contribution in [0.25, 0.3) is 0 Å². The molecule has 0 bridgehead atoms. The van der Waals surface area contributed by atoms with Crippen LogP contribution >= 0.6 is 24.2 Å². The van der Waals surface area contributed by atoms with Gasteiger partial charge in [-0.15, -0.1) is 24.2 Å². The molecule has 1 saturated heterocycles. The minimum atomic E-state index is 0. The van der Waals surface area contributed by atoms with Gasteiger partial charge in [-0.2, -0.15) is 0 Å². The first kappa shape index (κ1) is 18.8. The summed E-state index contributed by atoms with van der Waals surface area (Å²) in [6.45, 7) is 3.67. The number of nitrogens with two attached hydrogens (primary N) is 1. The molecule has 3 nitrogen and oxygen atoms in total. The van der Waals surface area contributed by atoms with E-state index in [0.29, 0.717) is 12.5 Å². The number of aliphatic hydroxyl groups excluding tert-OH is 1. The molecule has 1 heterocycles. The Morgan fingerprint density at radius 1 is 1.24 bits per heavy atom. The standard InChI is InChI=1S/C16H26N2OS.ClH/c17-15(13-20-16-4-2-1-3-5-16)8-11-18-9-6-14(12-19)7-10-18;/h1-5,14-15,19H,6-13,17H2;1H/t15-;/m1./s1. The normalized spacial score (nSPS) is 18.2. The average Bonchev–Trinajstić information content (AvgIpc) is 2.52. The van der Waals surface area contributed by atoms with Gasteiger partial charge in [-0.3, -0.25) is 0 Å². The molecule has 1 aliphatic rings. The van der Waals surface area contributed by atoms with Crippen LogP contribution in [0.1, 0.15) is 19.3 Å². The number of nitrogens with zero attached hydrogens (tertiary/aromatic N) is 1. The first-order chi connectivity index (χ1) is 9.78. The summed E-state index contributed by atoms with van der Waals surface area (Å²) in [5.74, 6) is 1.51. The van der Waals surface area contributed by atoms with Crippen molar-refractivity contribution in [3.63, 3.8) is 0 Å². The maximum Gasteiger partial charge on any atom is 0.0460 e. The molecule has 0 saturated carbocycles. The van der Waals surface area contributed by atoms with Gasteiger partial charge in [0.25, 0.3) is 0 Å². The second kappa shape index (κ2) is 10.5. The van der Waals surface area contributed by atoms with Crippen LogP contribution < -0.4 is 5.73 Å². The van der Waals surface area contributed by atoms with Gasteiger partial charge in [0.1, 0.15) is 0 Å². The Balaban J connectivity index is 0.00000220. The summed E-state index contributed by atoms with van der Waals surface area (Å²) in [5, 5.41) is 9.13. The van der Waals surface area contributed by atoms with Crippen LogP contribution in [0.5, 0.6) is 0 Å². The van der Waals surface area contributed by atoms with E-state index in [-0.39, 0.29) is 18.4 Å². The van der Waals surface area contributed by atoms with Crippen molar-refractivity contribution in [3.05, 3.63) is 30.3 Å². The van der Waals surface area contributed by atoms with Crippen LogP contribution in [-0.2, 0) is 0 Å². The summed E-state index contributed by atoms with van der Waals surface area (Å²) in [4.78, 5) is 3.78. The van der Waals surface area contributed by atoms with Gasteiger partial charge in [0.2, 0.25) is 0 Å². The molecular formula is C16H27ClN2OS. The Morgan fingerprint density at radius 2 is 1.90 bits per heavy atom. The number of piperidine rings is 1. The number of hydrogen-bond donors (Lipinski definition) is 2. The molecule has 1 atom stereocenters. The minimum Gasteiger partial charge on any atom is -0.396 e. The summed E-state index contributed by atoms with van der Waals surface area (Å²) < 4.78 is 0. The molecule has 3 N–H and O–H groups in total. The zero-order chi connectivity index (χ0) is 14.2. The van der Waals surface area contributed by atoms with Crippen LogP contribution in [0.3, 0.4) is 0 Å². The number of hydrogen-bond acceptors (Lipinski definition) is 4. The van der Waals surface area contributed by atoms with Crippen molar-refractivity contribution in [1.29, 1.82) is 0 Å². The van der Waals surface area contributed by atoms with Crippen molar-refractivity contribution in [2.24, 2.45) is 11.7 Å². The van der Waals surface area contributed by atoms with E-state index in [1.165, 1.54) is 4.90 Å². The lowest BCUT2D eigenvalue weighted by atomic mass is 9.98. The Labute approximate surface area is 138 Å². The molecule has 0 amide bonds. The van der Waals surface area contributed by atoms with Gasteiger partial charge in [0.15, 0.2) is 0 Å². The Kier molecular flexibility index (Phi) is 9.36. The zero-order valence-electron chi connectivity index (χ0n) is 12.5. The summed E-state index contributed by atoms with van der Waals surface area (Å²) in [7, 11) is 0. The lowest BCUT2D eigenvalue weighted by Gasteiger charge is -2.31. The third kappa shape index (κ3) is 7.02. The highest BCUT2D eigenvalue weighted by Crippen LogP contribution is 2.19. The molecule has 120 valence electrons. The molecule has 21 heavy (non-hydrogen) atoms. The first-order valence-corrected chi connectivity index (χ1v) is 8.53. The van der Waals surface area contributed by atoms with E-state index >= 15 is 0 Å². The van der Waals surface area contributed by atoms with Crippen molar-refractivity contribution >= 4 is 24.2 Å². The lowest BCUT2D eigenvalue weighted by Crippen LogP contribution is -2.38. The second-order valence-electron chi connectivity index (χ2n) is 5.64. The highest BCUT2D eigenvalue weighted by atomic mass is 35.5. The van der Waals surface area contributed by atoms with E-state index in [1.807, 2.05) is 17.8 Å². The van der Waals surface area contributed by atoms with Gasteiger partial charge in [0, 0.05) is 23.3 Å². The van der Waals surface area contributed by atoms with Crippen LogP contribution in [0, 0.1) is 5.92 Å². The third-order valence-corrected chi connectivity index (χ3v) is 5.19. The van der Waals surface area contributed by atoms with E-state index in [4.69, 9.17) is 10.8 Å². The van der Waals surface area contributed by atoms with Crippen molar-refractivity contribution in [2.45, 2.75) is 30.2 Å². The van der Waals surface area contributed by atoms with Crippen LogP contribution in [-0.4, -0.2) is 48.0 Å². The average molecular weight is 331 g/mol. The van der Waals surface area contributed by atoms with Crippen LogP contribution in [0.4, 0.5) is 0 Å². The molecule has 1 aromatic carbocycles. The quantitative estimate of drug-likeness (QED) is 0.755. The van der Waals surface area contributed by atoms with Crippen molar-refractivity contribution in [1.82, 2.24) is 4.90 Å². The molecule has 2 rings (SSSR count). The summed E-state index contributed by atoms with van der Waals surface area (Å²) in [6, 6.07) is 10.7. The Hall–Kier alpha value is -0.260. The number of aliphatic hydroxyl groups is 1. The lowest BCUT2D eigenvalue weighted by molar-refractivity contribution is 0.130. The number of thioether (sulfide) groups is 1. The predicted molar refractivity (Wildman–Crippen MR) is 93.3 cm³/mol. The fourth-order valence-electron chi connectivity index (χ4n) is 2.54. The van der Waals surface area contributed by atoms with Crippen molar-refractivity contribution in [2.75, 3.05) is 32.0 Å². The summed E-state index contributed by atoms with van der Waals surface area (Å²) in [6.07, 6.45) is 3.32. The summed E-state index contributed by atoms with van der Waals surface area (Å²) in [5.41, 5.74) is 6.20. The fraction of sp³-hybridized carbons (Fsp3) is 0.625. The topological polar surface area (TPSA) is 49.5 Å². The smallest absolute Gasteiger partial charge is 0.0460 e. The van der Waals surface area contributed by atoms with E-state index < -0.39 is 0 Å². The van der Waals surface area contributed by atoms with E-state index in [9.17, 15) is 0 Å². The molecule has 1 aliphatic heterocycles. The largest absolute Gasteiger partial charge is 0.396 e. The highest BCUT2D eigenvalue weighted by molar-refractivity contribution is 7.99. The second-order valence-corrected chi connectivity index (χ2v) is 6.73. The number of likely N-dealkylation sites (tertiary alicyclic amines) is 1. The highest BCUT2D eigenvalue weighted by Gasteiger charge is 2.18. The molecule has 0 unspecified atom stereocenters. The van der Waals surface area contributed by atoms with E-state index in [1.54, 1.807) is 0 Å². The number of rotatable bonds is 7. The maximum absolute atomic E-state index is 9.13. The van der Waals surface area contributed by atoms with Gasteiger partial charge in [0.05, 0.1) is 0 Å². The number of benzene rings is 1. The van der Waals surface area contributed by atoms with Crippen molar-refractivity contribution < 1.29 is 5.11 Å². The molecule has 0 radical (unpaired) electrons. The molecule has 0 spiro atoms. The van der Waals surface area contributed by atoms with Gasteiger partial charge in [-0.05, 0) is 56.9 Å². The molecular weight excluding hydrogens is 304 g/mol. The predicted octanol–water partition coefficient (Wildman–Crippen LogP) is 2.62. The first-order valence-electron chi connectivity index (χ1n) is 7.54. The SMILES string of the molecule is Cl.N[C@H](CCN1CCC(CO)CC1)CSc1ccccc1. The Bertz CT molecular complexity index is 372. The monoisotopic (exact) mass is 330 g/mol. The van der Waals surface area contributed by atoms with Gasteiger partial charge < -0.3 is 15.7 Å². The maximum atomic E-state index is 9.13. The van der Waals surface area contributed by atoms with E-state index in [0.717, 1.165) is 44.6 Å². The Morgan fingerprint density at radius 3 is 2.52 bits per heavy atom. The molecule has 0 aliphatic carbocycles. The van der Waals surface area contributed by atoms with Gasteiger partial charge in [-0.1, -0.05) is 18.2 Å². The summed E-state index contributed by atoms with van der Waals surface area (Å²) >= 11 is 1.84. The van der Waals surface area contributed by atoms with Crippen LogP contribution in [0.15, 0.2) is 35.2 Å². The van der Waals surface area contributed by atoms with Gasteiger partial charge in [-0.25, -0.2) is 0 Å². The number of halogens is 1. The minimum absolute atomic E-state index is 0. The zero-order valence-corrected chi connectivity index (χ0v) is 14.1. The van der Waals surface area contributed by atoms with Gasteiger partial charge >= 0.3 is 0 Å². The van der Waals surface area contributed by atoms with Crippen molar-refractivity contribution in [3.8, 4) is 0 Å². The molecule has 5 heteroatoms. The van der Waals surface area contributed by atoms with E-state index in [2.05, 4.69) is 29.2 Å². The van der Waals surface area contributed by atoms with Crippen LogP contribution in [0.2, 0.25) is 0 Å². The third-order valence-electron chi connectivity index (χ3n) is 3.99. The molecule has 1 fully saturated rings.